The van der Waals surface area contributed by atoms with Crippen LogP contribution >= 0.6 is 0 Å². The molecule has 30 heavy (non-hydrogen) atoms. The third-order valence-corrected chi connectivity index (χ3v) is 5.35. The quantitative estimate of drug-likeness (QED) is 0.623. The van der Waals surface area contributed by atoms with E-state index >= 15 is 0 Å². The molecule has 0 unspecified atom stereocenters. The Kier molecular flexibility index (Phi) is 6.67. The van der Waals surface area contributed by atoms with Gasteiger partial charge in [-0.1, -0.05) is 36.4 Å². The number of anilines is 1. The van der Waals surface area contributed by atoms with Gasteiger partial charge in [0.2, 0.25) is 0 Å². The lowest BCUT2D eigenvalue weighted by Gasteiger charge is -2.39. The average molecular weight is 405 g/mol. The summed E-state index contributed by atoms with van der Waals surface area (Å²) in [5.41, 5.74) is 1.25. The van der Waals surface area contributed by atoms with Gasteiger partial charge in [-0.3, -0.25) is 9.69 Å². The highest BCUT2D eigenvalue weighted by atomic mass is 16.5. The SMILES string of the molecule is O=C(COc1ccccc1)NC[C@@H](c1ccco1)N1CCN(c2ccccc2)CC1. The molecule has 1 saturated heterocycles. The van der Waals surface area contributed by atoms with E-state index in [2.05, 4.69) is 39.4 Å². The number of para-hydroxylation sites is 2. The number of carbonyl (C=O) groups is 1. The van der Waals surface area contributed by atoms with Gasteiger partial charge in [0.15, 0.2) is 6.61 Å². The third kappa shape index (κ3) is 5.21. The van der Waals surface area contributed by atoms with Crippen LogP contribution in [0.1, 0.15) is 11.8 Å². The van der Waals surface area contributed by atoms with E-state index in [9.17, 15) is 4.79 Å². The molecule has 3 aromatic rings. The second-order valence-corrected chi connectivity index (χ2v) is 7.30. The van der Waals surface area contributed by atoms with Crippen LogP contribution in [0.15, 0.2) is 83.5 Å². The van der Waals surface area contributed by atoms with E-state index in [1.165, 1.54) is 5.69 Å². The number of carbonyl (C=O) groups excluding carboxylic acids is 1. The van der Waals surface area contributed by atoms with E-state index in [4.69, 9.17) is 9.15 Å². The Morgan fingerprint density at radius 2 is 1.63 bits per heavy atom. The molecule has 0 bridgehead atoms. The van der Waals surface area contributed by atoms with Crippen molar-refractivity contribution >= 4 is 11.6 Å². The number of rotatable bonds is 8. The van der Waals surface area contributed by atoms with Crippen LogP contribution in [0.3, 0.4) is 0 Å². The fourth-order valence-corrected chi connectivity index (χ4v) is 3.75. The average Bonchev–Trinajstić information content (AvgIpc) is 3.34. The van der Waals surface area contributed by atoms with Gasteiger partial charge in [0, 0.05) is 38.4 Å². The second kappa shape index (κ2) is 9.98. The lowest BCUT2D eigenvalue weighted by atomic mass is 10.1. The van der Waals surface area contributed by atoms with Crippen LogP contribution in [0.4, 0.5) is 5.69 Å². The zero-order chi connectivity index (χ0) is 20.6. The maximum absolute atomic E-state index is 12.3. The highest BCUT2D eigenvalue weighted by molar-refractivity contribution is 5.77. The second-order valence-electron chi connectivity index (χ2n) is 7.30. The number of nitrogens with zero attached hydrogens (tertiary/aromatic N) is 2. The maximum Gasteiger partial charge on any atom is 0.258 e. The number of furan rings is 1. The molecule has 0 saturated carbocycles. The number of piperazine rings is 1. The summed E-state index contributed by atoms with van der Waals surface area (Å²) in [5.74, 6) is 1.41. The lowest BCUT2D eigenvalue weighted by molar-refractivity contribution is -0.123. The van der Waals surface area contributed by atoms with Crippen molar-refractivity contribution in [3.8, 4) is 5.75 Å². The lowest BCUT2D eigenvalue weighted by Crippen LogP contribution is -2.50. The molecule has 6 nitrogen and oxygen atoms in total. The highest BCUT2D eigenvalue weighted by Gasteiger charge is 2.27. The molecule has 0 spiro atoms. The van der Waals surface area contributed by atoms with Crippen molar-refractivity contribution in [2.75, 3.05) is 44.2 Å². The van der Waals surface area contributed by atoms with Gasteiger partial charge < -0.3 is 19.4 Å². The minimum atomic E-state index is -0.140. The Morgan fingerprint density at radius 3 is 2.30 bits per heavy atom. The molecule has 1 amide bonds. The molecule has 2 aromatic carbocycles. The molecule has 1 fully saturated rings. The van der Waals surface area contributed by atoms with E-state index in [1.54, 1.807) is 6.26 Å². The predicted octanol–water partition coefficient (Wildman–Crippen LogP) is 3.34. The maximum atomic E-state index is 12.3. The minimum absolute atomic E-state index is 0.00130. The molecule has 0 radical (unpaired) electrons. The van der Waals surface area contributed by atoms with Gasteiger partial charge in [0.05, 0.1) is 12.3 Å². The van der Waals surface area contributed by atoms with Gasteiger partial charge >= 0.3 is 0 Å². The van der Waals surface area contributed by atoms with E-state index in [0.717, 1.165) is 31.9 Å². The summed E-state index contributed by atoms with van der Waals surface area (Å²) in [6, 6.07) is 23.7. The van der Waals surface area contributed by atoms with E-state index in [0.29, 0.717) is 12.3 Å². The van der Waals surface area contributed by atoms with Gasteiger partial charge in [-0.05, 0) is 36.4 Å². The Bertz CT molecular complexity index is 892. The molecule has 1 aliphatic heterocycles. The predicted molar refractivity (Wildman–Crippen MR) is 117 cm³/mol. The summed E-state index contributed by atoms with van der Waals surface area (Å²) >= 11 is 0. The number of amides is 1. The molecule has 1 aliphatic rings. The normalized spacial score (nSPS) is 15.5. The Morgan fingerprint density at radius 1 is 0.933 bits per heavy atom. The molecular weight excluding hydrogens is 378 g/mol. The Balaban J connectivity index is 1.32. The smallest absolute Gasteiger partial charge is 0.258 e. The summed E-state index contributed by atoms with van der Waals surface area (Å²) in [4.78, 5) is 17.1. The standard InChI is InChI=1S/C24H27N3O3/c28-24(19-30-21-10-5-2-6-11-21)25-18-22(23-12-7-17-29-23)27-15-13-26(14-16-27)20-8-3-1-4-9-20/h1-12,17,22H,13-16,18-19H2,(H,25,28)/t22-/m0/s1. The zero-order valence-corrected chi connectivity index (χ0v) is 16.9. The molecule has 2 heterocycles. The van der Waals surface area contributed by atoms with Crippen LogP contribution in [-0.4, -0.2) is 50.1 Å². The molecule has 0 aliphatic carbocycles. The summed E-state index contributed by atoms with van der Waals surface area (Å²) < 4.78 is 11.2. The fourth-order valence-electron chi connectivity index (χ4n) is 3.75. The molecule has 1 N–H and O–H groups in total. The van der Waals surface area contributed by atoms with Gasteiger partial charge in [-0.2, -0.15) is 0 Å². The van der Waals surface area contributed by atoms with Crippen molar-refractivity contribution in [3.63, 3.8) is 0 Å². The molecule has 156 valence electrons. The molecule has 6 heteroatoms. The number of benzene rings is 2. The van der Waals surface area contributed by atoms with E-state index in [1.807, 2.05) is 48.5 Å². The van der Waals surface area contributed by atoms with Crippen LogP contribution < -0.4 is 15.0 Å². The van der Waals surface area contributed by atoms with Gasteiger partial charge in [-0.25, -0.2) is 0 Å². The fraction of sp³-hybridized carbons (Fsp3) is 0.292. The Labute approximate surface area is 177 Å². The third-order valence-electron chi connectivity index (χ3n) is 5.35. The largest absolute Gasteiger partial charge is 0.484 e. The Hall–Kier alpha value is -3.25. The van der Waals surface area contributed by atoms with Gasteiger partial charge in [0.1, 0.15) is 11.5 Å². The number of nitrogens with one attached hydrogen (secondary N) is 1. The van der Waals surface area contributed by atoms with E-state index < -0.39 is 0 Å². The first-order chi connectivity index (χ1) is 14.8. The summed E-state index contributed by atoms with van der Waals surface area (Å²) in [6.45, 7) is 4.15. The van der Waals surface area contributed by atoms with Crippen molar-refractivity contribution in [2.45, 2.75) is 6.04 Å². The van der Waals surface area contributed by atoms with Gasteiger partial charge in [0.25, 0.3) is 5.91 Å². The first-order valence-corrected chi connectivity index (χ1v) is 10.3. The monoisotopic (exact) mass is 405 g/mol. The van der Waals surface area contributed by atoms with Crippen molar-refractivity contribution in [3.05, 3.63) is 84.8 Å². The molecule has 4 rings (SSSR count). The van der Waals surface area contributed by atoms with Crippen molar-refractivity contribution in [1.29, 1.82) is 0 Å². The minimum Gasteiger partial charge on any atom is -0.484 e. The van der Waals surface area contributed by atoms with Crippen LogP contribution in [-0.2, 0) is 4.79 Å². The van der Waals surface area contributed by atoms with Crippen LogP contribution in [0.5, 0.6) is 5.75 Å². The zero-order valence-electron chi connectivity index (χ0n) is 16.9. The van der Waals surface area contributed by atoms with Crippen LogP contribution in [0.25, 0.3) is 0 Å². The summed E-state index contributed by atoms with van der Waals surface area (Å²) in [5, 5.41) is 3.00. The first-order valence-electron chi connectivity index (χ1n) is 10.3. The van der Waals surface area contributed by atoms with Crippen LogP contribution in [0, 0.1) is 0 Å². The highest BCUT2D eigenvalue weighted by Crippen LogP contribution is 2.24. The number of ether oxygens (including phenoxy) is 1. The van der Waals surface area contributed by atoms with Crippen molar-refractivity contribution < 1.29 is 13.9 Å². The van der Waals surface area contributed by atoms with Crippen molar-refractivity contribution in [2.24, 2.45) is 0 Å². The van der Waals surface area contributed by atoms with Crippen molar-refractivity contribution in [1.82, 2.24) is 10.2 Å². The molecular formula is C24H27N3O3. The number of hydrogen-bond donors (Lipinski definition) is 1. The molecule has 1 aromatic heterocycles. The summed E-state index contributed by atoms with van der Waals surface area (Å²) in [7, 11) is 0. The van der Waals surface area contributed by atoms with Crippen LogP contribution in [0.2, 0.25) is 0 Å². The van der Waals surface area contributed by atoms with Gasteiger partial charge in [-0.15, -0.1) is 0 Å². The first kappa shape index (κ1) is 20.0. The summed E-state index contributed by atoms with van der Waals surface area (Å²) in [6.07, 6.45) is 1.68. The van der Waals surface area contributed by atoms with E-state index in [-0.39, 0.29) is 18.6 Å². The topological polar surface area (TPSA) is 58.0 Å². The number of hydrogen-bond acceptors (Lipinski definition) is 5. The molecule has 1 atom stereocenters.